The molecule has 1 rings (SSSR count). The lowest BCUT2D eigenvalue weighted by molar-refractivity contribution is 0.504. The lowest BCUT2D eigenvalue weighted by Gasteiger charge is -2.20. The molecule has 1 saturated carbocycles. The standard InChI is InChI=1S/C11H23NO2S/c1-9(10-5-6-10)12-7-8-15(13,14)11(2,3)4/h9-10,12H,5-8H2,1-4H3. The molecule has 1 fully saturated rings. The molecule has 1 aliphatic carbocycles. The first-order valence-electron chi connectivity index (χ1n) is 5.70. The molecule has 0 radical (unpaired) electrons. The van der Waals surface area contributed by atoms with Gasteiger partial charge in [-0.05, 0) is 46.5 Å². The van der Waals surface area contributed by atoms with Gasteiger partial charge in [0.1, 0.15) is 0 Å². The molecule has 15 heavy (non-hydrogen) atoms. The molecular weight excluding hydrogens is 210 g/mol. The minimum absolute atomic E-state index is 0.244. The molecule has 0 heterocycles. The van der Waals surface area contributed by atoms with Crippen LogP contribution >= 0.6 is 0 Å². The van der Waals surface area contributed by atoms with Crippen molar-refractivity contribution in [3.63, 3.8) is 0 Å². The van der Waals surface area contributed by atoms with Gasteiger partial charge in [-0.2, -0.15) is 0 Å². The molecule has 90 valence electrons. The highest BCUT2D eigenvalue weighted by Gasteiger charge is 2.30. The van der Waals surface area contributed by atoms with E-state index in [4.69, 9.17) is 0 Å². The zero-order chi connectivity index (χ0) is 11.7. The summed E-state index contributed by atoms with van der Waals surface area (Å²) < 4.78 is 22.9. The first kappa shape index (κ1) is 13.0. The molecule has 0 amide bonds. The van der Waals surface area contributed by atoms with Crippen molar-refractivity contribution in [1.82, 2.24) is 5.32 Å². The highest BCUT2D eigenvalue weighted by Crippen LogP contribution is 2.32. The summed E-state index contributed by atoms with van der Waals surface area (Å²) >= 11 is 0. The maximum Gasteiger partial charge on any atom is 0.156 e. The third-order valence-corrected chi connectivity index (χ3v) is 5.71. The Balaban J connectivity index is 2.30. The number of nitrogens with one attached hydrogen (secondary N) is 1. The van der Waals surface area contributed by atoms with E-state index in [0.717, 1.165) is 5.92 Å². The summed E-state index contributed by atoms with van der Waals surface area (Å²) in [6.45, 7) is 7.99. The van der Waals surface area contributed by atoms with Crippen LogP contribution in [0.15, 0.2) is 0 Å². The SMILES string of the molecule is CC(NCCS(=O)(=O)C(C)(C)C)C1CC1. The summed E-state index contributed by atoms with van der Waals surface area (Å²) in [5, 5.41) is 3.29. The third kappa shape index (κ3) is 3.76. The molecule has 4 heteroatoms. The first-order chi connectivity index (χ1) is 6.74. The number of hydrogen-bond acceptors (Lipinski definition) is 3. The monoisotopic (exact) mass is 233 g/mol. The third-order valence-electron chi connectivity index (χ3n) is 3.10. The van der Waals surface area contributed by atoms with Crippen molar-refractivity contribution < 1.29 is 8.42 Å². The van der Waals surface area contributed by atoms with E-state index in [1.165, 1.54) is 12.8 Å². The summed E-state index contributed by atoms with van der Waals surface area (Å²) in [6, 6.07) is 0.472. The van der Waals surface area contributed by atoms with Crippen LogP contribution in [-0.2, 0) is 9.84 Å². The van der Waals surface area contributed by atoms with Gasteiger partial charge in [0, 0.05) is 12.6 Å². The van der Waals surface area contributed by atoms with Crippen LogP contribution in [0.2, 0.25) is 0 Å². The van der Waals surface area contributed by atoms with Crippen molar-refractivity contribution in [2.45, 2.75) is 51.3 Å². The molecule has 0 aromatic carbocycles. The molecule has 0 aromatic heterocycles. The van der Waals surface area contributed by atoms with E-state index in [0.29, 0.717) is 12.6 Å². The van der Waals surface area contributed by atoms with Crippen LogP contribution in [0.4, 0.5) is 0 Å². The molecule has 0 saturated heterocycles. The minimum atomic E-state index is -2.96. The van der Waals surface area contributed by atoms with Gasteiger partial charge in [0.25, 0.3) is 0 Å². The van der Waals surface area contributed by atoms with Gasteiger partial charge in [-0.3, -0.25) is 0 Å². The quantitative estimate of drug-likeness (QED) is 0.784. The van der Waals surface area contributed by atoms with Crippen LogP contribution in [0.25, 0.3) is 0 Å². The second kappa shape index (κ2) is 4.42. The largest absolute Gasteiger partial charge is 0.313 e. The Labute approximate surface area is 93.6 Å². The van der Waals surface area contributed by atoms with Crippen molar-refractivity contribution in [3.8, 4) is 0 Å². The van der Waals surface area contributed by atoms with Gasteiger partial charge in [-0.1, -0.05) is 0 Å². The Hall–Kier alpha value is -0.0900. The van der Waals surface area contributed by atoms with E-state index < -0.39 is 14.6 Å². The molecule has 1 aliphatic rings. The van der Waals surface area contributed by atoms with E-state index in [-0.39, 0.29) is 5.75 Å². The van der Waals surface area contributed by atoms with Gasteiger partial charge in [0.2, 0.25) is 0 Å². The second-order valence-electron chi connectivity index (χ2n) is 5.51. The average molecular weight is 233 g/mol. The van der Waals surface area contributed by atoms with Gasteiger partial charge in [0.05, 0.1) is 10.5 Å². The number of rotatable bonds is 5. The zero-order valence-corrected chi connectivity index (χ0v) is 11.0. The maximum absolute atomic E-state index is 11.8. The highest BCUT2D eigenvalue weighted by atomic mass is 32.2. The van der Waals surface area contributed by atoms with E-state index in [2.05, 4.69) is 12.2 Å². The Kier molecular flexibility index (Phi) is 3.82. The second-order valence-corrected chi connectivity index (χ2v) is 8.37. The predicted octanol–water partition coefficient (Wildman–Crippen LogP) is 1.59. The van der Waals surface area contributed by atoms with E-state index in [1.54, 1.807) is 20.8 Å². The predicted molar refractivity (Wildman–Crippen MR) is 63.7 cm³/mol. The summed E-state index contributed by atoms with van der Waals surface area (Å²) in [7, 11) is -2.96. The fraction of sp³-hybridized carbons (Fsp3) is 1.00. The fourth-order valence-electron chi connectivity index (χ4n) is 1.49. The Bertz CT molecular complexity index is 299. The molecule has 1 unspecified atom stereocenters. The summed E-state index contributed by atoms with van der Waals surface area (Å²) in [6.07, 6.45) is 2.58. The van der Waals surface area contributed by atoms with E-state index >= 15 is 0 Å². The van der Waals surface area contributed by atoms with Gasteiger partial charge in [-0.15, -0.1) is 0 Å². The lowest BCUT2D eigenvalue weighted by Crippen LogP contribution is -2.37. The van der Waals surface area contributed by atoms with Gasteiger partial charge < -0.3 is 5.32 Å². The number of sulfone groups is 1. The normalized spacial score (nSPS) is 20.3. The Morgan fingerprint density at radius 2 is 1.87 bits per heavy atom. The first-order valence-corrected chi connectivity index (χ1v) is 7.35. The van der Waals surface area contributed by atoms with Crippen molar-refractivity contribution in [1.29, 1.82) is 0 Å². The fourth-order valence-corrected chi connectivity index (χ4v) is 2.49. The van der Waals surface area contributed by atoms with Crippen molar-refractivity contribution in [2.24, 2.45) is 5.92 Å². The van der Waals surface area contributed by atoms with Gasteiger partial charge >= 0.3 is 0 Å². The van der Waals surface area contributed by atoms with Crippen LogP contribution in [0.3, 0.4) is 0 Å². The smallest absolute Gasteiger partial charge is 0.156 e. The maximum atomic E-state index is 11.8. The number of hydrogen-bond donors (Lipinski definition) is 1. The molecule has 1 atom stereocenters. The van der Waals surface area contributed by atoms with Crippen molar-refractivity contribution in [2.75, 3.05) is 12.3 Å². The molecule has 0 aromatic rings. The zero-order valence-electron chi connectivity index (χ0n) is 10.2. The average Bonchev–Trinajstić information content (AvgIpc) is 2.83. The van der Waals surface area contributed by atoms with Crippen molar-refractivity contribution in [3.05, 3.63) is 0 Å². The highest BCUT2D eigenvalue weighted by molar-refractivity contribution is 7.92. The molecule has 1 N–H and O–H groups in total. The van der Waals surface area contributed by atoms with Crippen LogP contribution < -0.4 is 5.32 Å². The Morgan fingerprint density at radius 3 is 2.27 bits per heavy atom. The molecule has 0 bridgehead atoms. The van der Waals surface area contributed by atoms with Gasteiger partial charge in [-0.25, -0.2) is 8.42 Å². The van der Waals surface area contributed by atoms with E-state index in [1.807, 2.05) is 0 Å². The van der Waals surface area contributed by atoms with Crippen LogP contribution in [-0.4, -0.2) is 31.5 Å². The minimum Gasteiger partial charge on any atom is -0.313 e. The molecule has 3 nitrogen and oxygen atoms in total. The summed E-state index contributed by atoms with van der Waals surface area (Å²) in [5.74, 6) is 1.02. The Morgan fingerprint density at radius 1 is 1.33 bits per heavy atom. The summed E-state index contributed by atoms with van der Waals surface area (Å²) in [4.78, 5) is 0. The summed E-state index contributed by atoms with van der Waals surface area (Å²) in [5.41, 5.74) is 0. The lowest BCUT2D eigenvalue weighted by atomic mass is 10.2. The van der Waals surface area contributed by atoms with Gasteiger partial charge in [0.15, 0.2) is 9.84 Å². The van der Waals surface area contributed by atoms with E-state index in [9.17, 15) is 8.42 Å². The van der Waals surface area contributed by atoms with Crippen LogP contribution in [0.5, 0.6) is 0 Å². The topological polar surface area (TPSA) is 46.2 Å². The molecular formula is C11H23NO2S. The molecule has 0 spiro atoms. The van der Waals surface area contributed by atoms with Crippen LogP contribution in [0.1, 0.15) is 40.5 Å². The molecule has 0 aliphatic heterocycles. The van der Waals surface area contributed by atoms with Crippen LogP contribution in [0, 0.1) is 5.92 Å². The van der Waals surface area contributed by atoms with Crippen molar-refractivity contribution >= 4 is 9.84 Å².